The van der Waals surface area contributed by atoms with Gasteiger partial charge in [0.1, 0.15) is 12.5 Å². The molecular weight excluding hydrogens is 470 g/mol. The standard InChI is InChI=1S/C29H39N3O3S/c1-22(2)35-21-32-27-20-24(10-8-23(27)9-11-29(32)33)34-18-4-3-13-30-14-16-31(17-15-30)26-6-5-7-28-25(26)12-19-36-28/h5-6,8,10,12,19-20,22,28H,3-4,7,9,11,13-18,21H2,1-2H3. The van der Waals surface area contributed by atoms with Crippen LogP contribution in [0.25, 0.3) is 0 Å². The molecule has 7 heteroatoms. The lowest BCUT2D eigenvalue weighted by molar-refractivity contribution is -0.120. The lowest BCUT2D eigenvalue weighted by Crippen LogP contribution is -2.46. The molecule has 0 bridgehead atoms. The quantitative estimate of drug-likeness (QED) is 0.415. The number of carbonyl (C=O) groups is 1. The zero-order valence-electron chi connectivity index (χ0n) is 21.7. The van der Waals surface area contributed by atoms with Gasteiger partial charge in [0.25, 0.3) is 0 Å². The molecule has 1 atom stereocenters. The Balaban J connectivity index is 1.04. The number of unbranched alkanes of at least 4 members (excludes halogenated alkanes) is 1. The maximum atomic E-state index is 12.5. The highest BCUT2D eigenvalue weighted by molar-refractivity contribution is 8.03. The molecule has 0 N–H and O–H groups in total. The van der Waals surface area contributed by atoms with Gasteiger partial charge in [-0.25, -0.2) is 0 Å². The minimum absolute atomic E-state index is 0.0863. The Morgan fingerprint density at radius 3 is 2.78 bits per heavy atom. The summed E-state index contributed by atoms with van der Waals surface area (Å²) in [5, 5.41) is 2.89. The van der Waals surface area contributed by atoms with Crippen LogP contribution in [-0.2, 0) is 16.0 Å². The first-order valence-electron chi connectivity index (χ1n) is 13.5. The summed E-state index contributed by atoms with van der Waals surface area (Å²) in [5.41, 5.74) is 5.09. The fourth-order valence-electron chi connectivity index (χ4n) is 5.32. The smallest absolute Gasteiger partial charge is 0.229 e. The number of rotatable bonds is 10. The molecule has 1 aromatic rings. The Labute approximate surface area is 220 Å². The van der Waals surface area contributed by atoms with Crippen molar-refractivity contribution in [2.24, 2.45) is 0 Å². The number of piperazine rings is 1. The molecule has 0 saturated carbocycles. The number of ether oxygens (including phenoxy) is 2. The van der Waals surface area contributed by atoms with Crippen molar-refractivity contribution < 1.29 is 14.3 Å². The van der Waals surface area contributed by atoms with Gasteiger partial charge in [-0.3, -0.25) is 14.6 Å². The molecule has 1 aliphatic carbocycles. The molecule has 1 amide bonds. The molecule has 0 aromatic heterocycles. The zero-order valence-corrected chi connectivity index (χ0v) is 22.5. The fraction of sp³-hybridized carbons (Fsp3) is 0.552. The molecule has 36 heavy (non-hydrogen) atoms. The van der Waals surface area contributed by atoms with Gasteiger partial charge in [0.15, 0.2) is 0 Å². The van der Waals surface area contributed by atoms with E-state index in [4.69, 9.17) is 9.47 Å². The minimum Gasteiger partial charge on any atom is -0.494 e. The van der Waals surface area contributed by atoms with E-state index in [9.17, 15) is 4.79 Å². The van der Waals surface area contributed by atoms with Crippen LogP contribution in [0.1, 0.15) is 45.1 Å². The number of carbonyl (C=O) groups excluding carboxylic acids is 1. The zero-order chi connectivity index (χ0) is 24.9. The van der Waals surface area contributed by atoms with Crippen molar-refractivity contribution in [2.45, 2.75) is 57.3 Å². The predicted octanol–water partition coefficient (Wildman–Crippen LogP) is 4.97. The van der Waals surface area contributed by atoms with E-state index >= 15 is 0 Å². The number of hydrogen-bond acceptors (Lipinski definition) is 6. The van der Waals surface area contributed by atoms with Crippen LogP contribution in [0.15, 0.2) is 53.1 Å². The number of amides is 1. The van der Waals surface area contributed by atoms with Gasteiger partial charge in [-0.05, 0) is 80.8 Å². The number of aryl methyl sites for hydroxylation is 1. The van der Waals surface area contributed by atoms with Crippen molar-refractivity contribution in [1.82, 2.24) is 9.80 Å². The number of thioether (sulfide) groups is 1. The first-order valence-corrected chi connectivity index (χ1v) is 14.4. The van der Waals surface area contributed by atoms with Crippen LogP contribution in [0.4, 0.5) is 5.69 Å². The molecule has 1 saturated heterocycles. The highest BCUT2D eigenvalue weighted by atomic mass is 32.2. The van der Waals surface area contributed by atoms with E-state index in [2.05, 4.69) is 39.5 Å². The van der Waals surface area contributed by atoms with E-state index in [-0.39, 0.29) is 12.0 Å². The molecule has 5 rings (SSSR count). The van der Waals surface area contributed by atoms with Gasteiger partial charge in [-0.2, -0.15) is 0 Å². The normalized spacial score (nSPS) is 22.0. The minimum atomic E-state index is 0.0863. The van der Waals surface area contributed by atoms with Gasteiger partial charge in [-0.15, -0.1) is 11.8 Å². The van der Waals surface area contributed by atoms with Crippen LogP contribution in [0, 0.1) is 0 Å². The third-order valence-corrected chi connectivity index (χ3v) is 8.47. The van der Waals surface area contributed by atoms with Crippen molar-refractivity contribution >= 4 is 23.4 Å². The molecule has 1 fully saturated rings. The van der Waals surface area contributed by atoms with Crippen LogP contribution in [-0.4, -0.2) is 73.1 Å². The van der Waals surface area contributed by atoms with Crippen LogP contribution >= 0.6 is 11.8 Å². The maximum Gasteiger partial charge on any atom is 0.229 e. The second kappa shape index (κ2) is 11.9. The van der Waals surface area contributed by atoms with Crippen LogP contribution in [0.5, 0.6) is 5.75 Å². The van der Waals surface area contributed by atoms with Crippen LogP contribution in [0.2, 0.25) is 0 Å². The van der Waals surface area contributed by atoms with Gasteiger partial charge in [0.05, 0.1) is 18.4 Å². The Morgan fingerprint density at radius 2 is 1.94 bits per heavy atom. The molecule has 6 nitrogen and oxygen atoms in total. The van der Waals surface area contributed by atoms with Crippen molar-refractivity contribution in [2.75, 3.05) is 51.0 Å². The summed E-state index contributed by atoms with van der Waals surface area (Å²) in [4.78, 5) is 19.4. The number of anilines is 1. The Hall–Kier alpha value is -2.22. The second-order valence-corrected chi connectivity index (χ2v) is 11.4. The van der Waals surface area contributed by atoms with Gasteiger partial charge < -0.3 is 14.4 Å². The summed E-state index contributed by atoms with van der Waals surface area (Å²) >= 11 is 1.96. The molecule has 0 spiro atoms. The van der Waals surface area contributed by atoms with Crippen LogP contribution in [0.3, 0.4) is 0 Å². The van der Waals surface area contributed by atoms with E-state index in [0.29, 0.717) is 25.0 Å². The number of hydrogen-bond donors (Lipinski definition) is 0. The molecule has 194 valence electrons. The van der Waals surface area contributed by atoms with Gasteiger partial charge >= 0.3 is 0 Å². The maximum absolute atomic E-state index is 12.5. The van der Waals surface area contributed by atoms with Crippen molar-refractivity contribution in [3.8, 4) is 5.75 Å². The van der Waals surface area contributed by atoms with E-state index in [1.165, 1.54) is 16.8 Å². The lowest BCUT2D eigenvalue weighted by atomic mass is 10.0. The molecule has 1 unspecified atom stereocenters. The first kappa shape index (κ1) is 25.4. The Kier molecular flexibility index (Phi) is 8.40. The number of nitrogens with zero attached hydrogens (tertiary/aromatic N) is 3. The summed E-state index contributed by atoms with van der Waals surface area (Å²) in [5.74, 6) is 0.953. The Morgan fingerprint density at radius 1 is 1.08 bits per heavy atom. The third kappa shape index (κ3) is 6.01. The summed E-state index contributed by atoms with van der Waals surface area (Å²) < 4.78 is 11.8. The van der Waals surface area contributed by atoms with Gasteiger partial charge in [0, 0.05) is 49.6 Å². The molecule has 4 aliphatic rings. The molecule has 3 aliphatic heterocycles. The van der Waals surface area contributed by atoms with Gasteiger partial charge in [-0.1, -0.05) is 12.1 Å². The largest absolute Gasteiger partial charge is 0.494 e. The topological polar surface area (TPSA) is 45.2 Å². The van der Waals surface area contributed by atoms with E-state index < -0.39 is 0 Å². The van der Waals surface area contributed by atoms with Crippen molar-refractivity contribution in [3.63, 3.8) is 0 Å². The summed E-state index contributed by atoms with van der Waals surface area (Å²) in [6.45, 7) is 10.6. The number of fused-ring (bicyclic) bond motifs is 2. The van der Waals surface area contributed by atoms with E-state index in [1.807, 2.05) is 37.7 Å². The monoisotopic (exact) mass is 509 g/mol. The number of allylic oxidation sites excluding steroid dienone is 3. The second-order valence-electron chi connectivity index (χ2n) is 10.2. The SMILES string of the molecule is CC(C)OCN1C(=O)CCc2ccc(OCCCCN3CCN(C4=C5C=CSC5CC=C4)CC3)cc21. The predicted molar refractivity (Wildman–Crippen MR) is 147 cm³/mol. The summed E-state index contributed by atoms with van der Waals surface area (Å²) in [7, 11) is 0. The summed E-state index contributed by atoms with van der Waals surface area (Å²) in [6.07, 6.45) is 11.7. The highest BCUT2D eigenvalue weighted by Crippen LogP contribution is 2.38. The van der Waals surface area contributed by atoms with E-state index in [1.54, 1.807) is 4.90 Å². The first-order chi connectivity index (χ1) is 17.6. The van der Waals surface area contributed by atoms with Crippen LogP contribution < -0.4 is 9.64 Å². The molecule has 0 radical (unpaired) electrons. The Bertz CT molecular complexity index is 1030. The average Bonchev–Trinajstić information content (AvgIpc) is 3.37. The highest BCUT2D eigenvalue weighted by Gasteiger charge is 2.27. The van der Waals surface area contributed by atoms with Crippen molar-refractivity contribution in [1.29, 1.82) is 0 Å². The fourth-order valence-corrected chi connectivity index (χ4v) is 6.30. The van der Waals surface area contributed by atoms with Gasteiger partial charge in [0.2, 0.25) is 5.91 Å². The lowest BCUT2D eigenvalue weighted by Gasteiger charge is -2.38. The average molecular weight is 510 g/mol. The molecule has 3 heterocycles. The molecule has 1 aromatic carbocycles. The van der Waals surface area contributed by atoms with E-state index in [0.717, 1.165) is 69.8 Å². The summed E-state index contributed by atoms with van der Waals surface area (Å²) in [6, 6.07) is 6.14. The van der Waals surface area contributed by atoms with Crippen molar-refractivity contribution in [3.05, 3.63) is 58.7 Å². The third-order valence-electron chi connectivity index (χ3n) is 7.40. The number of benzene rings is 1. The molecular formula is C29H39N3O3S.